The lowest BCUT2D eigenvalue weighted by Gasteiger charge is -2.10. The number of ether oxygens (including phenoxy) is 1. The van der Waals surface area contributed by atoms with E-state index >= 15 is 0 Å². The van der Waals surface area contributed by atoms with Gasteiger partial charge in [-0.1, -0.05) is 30.3 Å². The SMILES string of the molecule is O=Cc1c(OCCc2ccsc2)ccc2ccccc12. The molecule has 3 rings (SSSR count). The van der Waals surface area contributed by atoms with Gasteiger partial charge in [-0.2, -0.15) is 11.3 Å². The number of carbonyl (C=O) groups is 1. The lowest BCUT2D eigenvalue weighted by Crippen LogP contribution is -2.03. The summed E-state index contributed by atoms with van der Waals surface area (Å²) in [6.45, 7) is 0.579. The molecule has 0 saturated heterocycles. The van der Waals surface area contributed by atoms with E-state index in [1.54, 1.807) is 11.3 Å². The molecule has 3 aromatic rings. The van der Waals surface area contributed by atoms with Gasteiger partial charge < -0.3 is 4.74 Å². The lowest BCUT2D eigenvalue weighted by atomic mass is 10.0. The quantitative estimate of drug-likeness (QED) is 0.651. The molecule has 2 nitrogen and oxygen atoms in total. The molecule has 0 bridgehead atoms. The molecule has 100 valence electrons. The highest BCUT2D eigenvalue weighted by Crippen LogP contribution is 2.26. The van der Waals surface area contributed by atoms with Gasteiger partial charge in [-0.05, 0) is 39.2 Å². The molecule has 0 aliphatic rings. The minimum Gasteiger partial charge on any atom is -0.492 e. The van der Waals surface area contributed by atoms with E-state index in [-0.39, 0.29) is 0 Å². The average Bonchev–Trinajstić information content (AvgIpc) is 3.00. The van der Waals surface area contributed by atoms with E-state index in [0.29, 0.717) is 17.9 Å². The molecule has 0 amide bonds. The van der Waals surface area contributed by atoms with E-state index < -0.39 is 0 Å². The molecule has 0 fully saturated rings. The molecule has 0 atom stereocenters. The molecule has 0 aliphatic carbocycles. The van der Waals surface area contributed by atoms with Crippen molar-refractivity contribution in [3.05, 3.63) is 64.4 Å². The number of hydrogen-bond acceptors (Lipinski definition) is 3. The van der Waals surface area contributed by atoms with Crippen LogP contribution in [0.5, 0.6) is 5.75 Å². The number of aldehydes is 1. The molecule has 0 saturated carbocycles. The van der Waals surface area contributed by atoms with E-state index in [2.05, 4.69) is 16.8 Å². The fourth-order valence-corrected chi connectivity index (χ4v) is 2.94. The molecule has 0 radical (unpaired) electrons. The highest BCUT2D eigenvalue weighted by atomic mass is 32.1. The summed E-state index contributed by atoms with van der Waals surface area (Å²) >= 11 is 1.68. The Labute approximate surface area is 121 Å². The fraction of sp³-hybridized carbons (Fsp3) is 0.118. The van der Waals surface area contributed by atoms with Gasteiger partial charge in [-0.25, -0.2) is 0 Å². The molecule has 2 aromatic carbocycles. The highest BCUT2D eigenvalue weighted by Gasteiger charge is 2.07. The minimum atomic E-state index is 0.579. The Morgan fingerprint density at radius 2 is 2.00 bits per heavy atom. The molecule has 1 aromatic heterocycles. The molecule has 0 spiro atoms. The first-order chi connectivity index (χ1) is 9.88. The Balaban J connectivity index is 1.82. The van der Waals surface area contributed by atoms with Crippen LogP contribution in [0.25, 0.3) is 10.8 Å². The van der Waals surface area contributed by atoms with Gasteiger partial charge in [0.1, 0.15) is 5.75 Å². The molecule has 0 unspecified atom stereocenters. The summed E-state index contributed by atoms with van der Waals surface area (Å²) in [6.07, 6.45) is 1.73. The van der Waals surface area contributed by atoms with E-state index in [4.69, 9.17) is 4.74 Å². The van der Waals surface area contributed by atoms with Crippen molar-refractivity contribution in [1.82, 2.24) is 0 Å². The van der Waals surface area contributed by atoms with Crippen molar-refractivity contribution in [3.8, 4) is 5.75 Å². The van der Waals surface area contributed by atoms with Crippen LogP contribution in [-0.2, 0) is 6.42 Å². The van der Waals surface area contributed by atoms with Gasteiger partial charge in [0.05, 0.1) is 12.2 Å². The zero-order chi connectivity index (χ0) is 13.8. The van der Waals surface area contributed by atoms with Crippen molar-refractivity contribution in [3.63, 3.8) is 0 Å². The zero-order valence-electron chi connectivity index (χ0n) is 10.9. The lowest BCUT2D eigenvalue weighted by molar-refractivity contribution is 0.112. The van der Waals surface area contributed by atoms with Gasteiger partial charge in [0, 0.05) is 6.42 Å². The van der Waals surface area contributed by atoms with Crippen molar-refractivity contribution in [2.45, 2.75) is 6.42 Å². The van der Waals surface area contributed by atoms with Gasteiger partial charge in [0.15, 0.2) is 6.29 Å². The molecule has 20 heavy (non-hydrogen) atoms. The number of hydrogen-bond donors (Lipinski definition) is 0. The zero-order valence-corrected chi connectivity index (χ0v) is 11.7. The smallest absolute Gasteiger partial charge is 0.154 e. The third kappa shape index (κ3) is 2.58. The van der Waals surface area contributed by atoms with Crippen LogP contribution in [0.2, 0.25) is 0 Å². The van der Waals surface area contributed by atoms with Gasteiger partial charge in [0.2, 0.25) is 0 Å². The maximum absolute atomic E-state index is 11.4. The normalized spacial score (nSPS) is 10.6. The summed E-state index contributed by atoms with van der Waals surface area (Å²) in [5, 5.41) is 6.17. The second-order valence-electron chi connectivity index (χ2n) is 4.55. The van der Waals surface area contributed by atoms with Gasteiger partial charge in [0.25, 0.3) is 0 Å². The van der Waals surface area contributed by atoms with Crippen molar-refractivity contribution >= 4 is 28.4 Å². The van der Waals surface area contributed by atoms with Crippen LogP contribution in [0.4, 0.5) is 0 Å². The van der Waals surface area contributed by atoms with E-state index in [1.165, 1.54) is 5.56 Å². The Kier molecular flexibility index (Phi) is 3.79. The van der Waals surface area contributed by atoms with Gasteiger partial charge >= 0.3 is 0 Å². The number of fused-ring (bicyclic) bond motifs is 1. The standard InChI is InChI=1S/C17H14O2S/c18-11-16-15-4-2-1-3-14(15)5-6-17(16)19-9-7-13-8-10-20-12-13/h1-6,8,10-12H,7,9H2. The Morgan fingerprint density at radius 1 is 1.10 bits per heavy atom. The van der Waals surface area contributed by atoms with Crippen molar-refractivity contribution in [2.24, 2.45) is 0 Å². The van der Waals surface area contributed by atoms with Crippen LogP contribution in [0.15, 0.2) is 53.2 Å². The first-order valence-electron chi connectivity index (χ1n) is 6.49. The van der Waals surface area contributed by atoms with Crippen molar-refractivity contribution in [2.75, 3.05) is 6.61 Å². The third-order valence-corrected chi connectivity index (χ3v) is 4.01. The molecule has 0 aliphatic heterocycles. The molecular weight excluding hydrogens is 268 g/mol. The maximum Gasteiger partial charge on any atom is 0.154 e. The summed E-state index contributed by atoms with van der Waals surface area (Å²) in [5.41, 5.74) is 1.90. The number of benzene rings is 2. The van der Waals surface area contributed by atoms with Gasteiger partial charge in [-0.3, -0.25) is 4.79 Å². The first-order valence-corrected chi connectivity index (χ1v) is 7.43. The molecule has 3 heteroatoms. The Hall–Kier alpha value is -2.13. The van der Waals surface area contributed by atoms with Crippen LogP contribution >= 0.6 is 11.3 Å². The second kappa shape index (κ2) is 5.88. The summed E-state index contributed by atoms with van der Waals surface area (Å²) < 4.78 is 5.78. The maximum atomic E-state index is 11.4. The summed E-state index contributed by atoms with van der Waals surface area (Å²) in [5.74, 6) is 0.661. The fourth-order valence-electron chi connectivity index (χ4n) is 2.24. The topological polar surface area (TPSA) is 26.3 Å². The van der Waals surface area contributed by atoms with Crippen molar-refractivity contribution in [1.29, 1.82) is 0 Å². The minimum absolute atomic E-state index is 0.579. The van der Waals surface area contributed by atoms with Crippen LogP contribution in [0, 0.1) is 0 Å². The van der Waals surface area contributed by atoms with E-state index in [9.17, 15) is 4.79 Å². The summed E-state index contributed by atoms with van der Waals surface area (Å²) in [6, 6.07) is 13.8. The average molecular weight is 282 g/mol. The molecule has 0 N–H and O–H groups in total. The predicted octanol–water partition coefficient (Wildman–Crippen LogP) is 4.34. The Bertz CT molecular complexity index is 717. The largest absolute Gasteiger partial charge is 0.492 e. The second-order valence-corrected chi connectivity index (χ2v) is 5.33. The molecule has 1 heterocycles. The van der Waals surface area contributed by atoms with Crippen LogP contribution in [0.1, 0.15) is 15.9 Å². The summed E-state index contributed by atoms with van der Waals surface area (Å²) in [4.78, 5) is 11.4. The van der Waals surface area contributed by atoms with Crippen LogP contribution in [-0.4, -0.2) is 12.9 Å². The van der Waals surface area contributed by atoms with Gasteiger partial charge in [-0.15, -0.1) is 0 Å². The monoisotopic (exact) mass is 282 g/mol. The first kappa shape index (κ1) is 12.9. The highest BCUT2D eigenvalue weighted by molar-refractivity contribution is 7.07. The third-order valence-electron chi connectivity index (χ3n) is 3.28. The van der Waals surface area contributed by atoms with Crippen LogP contribution < -0.4 is 4.74 Å². The van der Waals surface area contributed by atoms with Crippen molar-refractivity contribution < 1.29 is 9.53 Å². The number of thiophene rings is 1. The van der Waals surface area contributed by atoms with E-state index in [0.717, 1.165) is 23.5 Å². The van der Waals surface area contributed by atoms with E-state index in [1.807, 2.05) is 36.4 Å². The Morgan fingerprint density at radius 3 is 2.80 bits per heavy atom. The molecular formula is C17H14O2S. The summed E-state index contributed by atoms with van der Waals surface area (Å²) in [7, 11) is 0. The number of carbonyl (C=O) groups excluding carboxylic acids is 1. The number of rotatable bonds is 5. The predicted molar refractivity (Wildman–Crippen MR) is 82.9 cm³/mol. The van der Waals surface area contributed by atoms with Crippen LogP contribution in [0.3, 0.4) is 0 Å².